The van der Waals surface area contributed by atoms with Gasteiger partial charge in [-0.1, -0.05) is 32.4 Å². The lowest BCUT2D eigenvalue weighted by atomic mass is 9.87. The highest BCUT2D eigenvalue weighted by Crippen LogP contribution is 2.25. The third-order valence-corrected chi connectivity index (χ3v) is 3.23. The standard InChI is InChI=1S/C16H21FO/c1-3-5-7-13(8-6-4-2)16(18)14-9-11-15(17)12-10-14/h5,9,12-13H,1,4,6-8,10-11H2,2H3. The van der Waals surface area contributed by atoms with Gasteiger partial charge in [-0.3, -0.25) is 4.79 Å². The Morgan fingerprint density at radius 2 is 2.33 bits per heavy atom. The van der Waals surface area contributed by atoms with Gasteiger partial charge in [0.15, 0.2) is 5.78 Å². The van der Waals surface area contributed by atoms with E-state index in [0.29, 0.717) is 12.8 Å². The second kappa shape index (κ2) is 7.84. The third-order valence-electron chi connectivity index (χ3n) is 3.23. The van der Waals surface area contributed by atoms with E-state index in [9.17, 15) is 9.18 Å². The number of hydrogen-bond donors (Lipinski definition) is 0. The summed E-state index contributed by atoms with van der Waals surface area (Å²) in [6.45, 7) is 5.64. The smallest absolute Gasteiger partial charge is 0.162 e. The van der Waals surface area contributed by atoms with Crippen molar-refractivity contribution in [1.82, 2.24) is 0 Å². The lowest BCUT2D eigenvalue weighted by Gasteiger charge is -2.16. The Balaban J connectivity index is 2.66. The van der Waals surface area contributed by atoms with Gasteiger partial charge in [-0.05, 0) is 37.0 Å². The largest absolute Gasteiger partial charge is 0.294 e. The molecule has 18 heavy (non-hydrogen) atoms. The van der Waals surface area contributed by atoms with E-state index in [2.05, 4.69) is 19.2 Å². The van der Waals surface area contributed by atoms with Crippen LogP contribution in [0.3, 0.4) is 0 Å². The highest BCUT2D eigenvalue weighted by atomic mass is 19.1. The van der Waals surface area contributed by atoms with Crippen LogP contribution < -0.4 is 0 Å². The van der Waals surface area contributed by atoms with Gasteiger partial charge in [-0.25, -0.2) is 4.39 Å². The minimum atomic E-state index is -0.136. The van der Waals surface area contributed by atoms with Crippen LogP contribution >= 0.6 is 0 Å². The molecule has 0 saturated heterocycles. The van der Waals surface area contributed by atoms with Gasteiger partial charge in [0.05, 0.1) is 0 Å². The molecule has 0 N–H and O–H groups in total. The van der Waals surface area contributed by atoms with Gasteiger partial charge in [-0.2, -0.15) is 0 Å². The van der Waals surface area contributed by atoms with Crippen molar-refractivity contribution in [3.05, 3.63) is 41.9 Å². The zero-order chi connectivity index (χ0) is 13.4. The van der Waals surface area contributed by atoms with Crippen molar-refractivity contribution in [2.45, 2.75) is 45.4 Å². The van der Waals surface area contributed by atoms with Gasteiger partial charge in [-0.15, -0.1) is 5.73 Å². The molecule has 1 aliphatic rings. The van der Waals surface area contributed by atoms with Gasteiger partial charge in [0.2, 0.25) is 0 Å². The van der Waals surface area contributed by atoms with Crippen LogP contribution in [0.1, 0.15) is 45.4 Å². The van der Waals surface area contributed by atoms with Crippen molar-refractivity contribution < 1.29 is 9.18 Å². The maximum Gasteiger partial charge on any atom is 0.162 e. The Bertz CT molecular complexity index is 397. The summed E-state index contributed by atoms with van der Waals surface area (Å²) < 4.78 is 12.9. The molecule has 0 aromatic rings. The van der Waals surface area contributed by atoms with Gasteiger partial charge in [0.25, 0.3) is 0 Å². The molecular weight excluding hydrogens is 227 g/mol. The van der Waals surface area contributed by atoms with Crippen molar-refractivity contribution >= 4 is 5.78 Å². The average Bonchev–Trinajstić information content (AvgIpc) is 2.39. The topological polar surface area (TPSA) is 17.1 Å². The fourth-order valence-corrected chi connectivity index (χ4v) is 2.10. The number of hydrogen-bond acceptors (Lipinski definition) is 1. The molecular formula is C16H21FO. The summed E-state index contributed by atoms with van der Waals surface area (Å²) in [4.78, 5) is 12.3. The van der Waals surface area contributed by atoms with Crippen molar-refractivity contribution in [3.8, 4) is 0 Å². The van der Waals surface area contributed by atoms with Gasteiger partial charge >= 0.3 is 0 Å². The van der Waals surface area contributed by atoms with E-state index in [-0.39, 0.29) is 23.9 Å². The SMILES string of the molecule is C=C=CCC(CCCC)C(=O)C1=CCC(F)=CC1. The number of allylic oxidation sites excluding steroid dienone is 5. The van der Waals surface area contributed by atoms with Crippen LogP contribution in [0.15, 0.2) is 41.9 Å². The molecule has 0 aliphatic heterocycles. The van der Waals surface area contributed by atoms with Crippen molar-refractivity contribution in [2.75, 3.05) is 0 Å². The summed E-state index contributed by atoms with van der Waals surface area (Å²) >= 11 is 0. The molecule has 1 aliphatic carbocycles. The predicted molar refractivity (Wildman–Crippen MR) is 72.9 cm³/mol. The van der Waals surface area contributed by atoms with Crippen LogP contribution in [0.4, 0.5) is 4.39 Å². The number of carbonyl (C=O) groups is 1. The number of rotatable bonds is 7. The van der Waals surface area contributed by atoms with E-state index in [0.717, 1.165) is 24.8 Å². The van der Waals surface area contributed by atoms with Crippen LogP contribution in [0.5, 0.6) is 0 Å². The zero-order valence-corrected chi connectivity index (χ0v) is 11.0. The Morgan fingerprint density at radius 3 is 2.89 bits per heavy atom. The molecule has 0 amide bonds. The van der Waals surface area contributed by atoms with Crippen LogP contribution in [0.25, 0.3) is 0 Å². The van der Waals surface area contributed by atoms with Gasteiger partial charge in [0, 0.05) is 12.3 Å². The van der Waals surface area contributed by atoms with Crippen molar-refractivity contribution in [1.29, 1.82) is 0 Å². The fourth-order valence-electron chi connectivity index (χ4n) is 2.10. The molecule has 0 radical (unpaired) electrons. The minimum Gasteiger partial charge on any atom is -0.294 e. The maximum absolute atomic E-state index is 12.9. The molecule has 0 fully saturated rings. The summed E-state index contributed by atoms with van der Waals surface area (Å²) in [5, 5.41) is 0. The Labute approximate surface area is 109 Å². The number of ketones is 1. The monoisotopic (exact) mass is 248 g/mol. The molecule has 1 atom stereocenters. The van der Waals surface area contributed by atoms with Crippen molar-refractivity contribution in [3.63, 3.8) is 0 Å². The summed E-state index contributed by atoms with van der Waals surface area (Å²) in [5.74, 6) is 0.0290. The second-order valence-electron chi connectivity index (χ2n) is 4.64. The summed E-state index contributed by atoms with van der Waals surface area (Å²) in [6.07, 6.45) is 9.45. The van der Waals surface area contributed by atoms with Crippen LogP contribution in [0.2, 0.25) is 0 Å². The minimum absolute atomic E-state index is 0.0000104. The van der Waals surface area contributed by atoms with Gasteiger partial charge in [0.1, 0.15) is 5.83 Å². The zero-order valence-electron chi connectivity index (χ0n) is 11.0. The molecule has 0 bridgehead atoms. The number of unbranched alkanes of at least 4 members (excludes halogenated alkanes) is 1. The molecule has 0 saturated carbocycles. The fraction of sp³-hybridized carbons (Fsp3) is 0.500. The first kappa shape index (κ1) is 14.7. The average molecular weight is 248 g/mol. The first-order valence-corrected chi connectivity index (χ1v) is 6.61. The van der Waals surface area contributed by atoms with Crippen molar-refractivity contribution in [2.24, 2.45) is 5.92 Å². The molecule has 1 unspecified atom stereocenters. The molecule has 98 valence electrons. The highest BCUT2D eigenvalue weighted by Gasteiger charge is 2.21. The maximum atomic E-state index is 12.9. The summed E-state index contributed by atoms with van der Waals surface area (Å²) in [7, 11) is 0. The van der Waals surface area contributed by atoms with E-state index in [4.69, 9.17) is 0 Å². The molecule has 1 nitrogen and oxygen atoms in total. The predicted octanol–water partition coefficient (Wildman–Crippen LogP) is 4.67. The first-order chi connectivity index (χ1) is 8.69. The van der Waals surface area contributed by atoms with Crippen LogP contribution in [-0.4, -0.2) is 5.78 Å². The Morgan fingerprint density at radius 1 is 1.56 bits per heavy atom. The highest BCUT2D eigenvalue weighted by molar-refractivity contribution is 5.97. The van der Waals surface area contributed by atoms with Gasteiger partial charge < -0.3 is 0 Å². The Kier molecular flexibility index (Phi) is 6.38. The molecule has 1 rings (SSSR count). The van der Waals surface area contributed by atoms with E-state index in [1.807, 2.05) is 6.08 Å². The van der Waals surface area contributed by atoms with E-state index < -0.39 is 0 Å². The van der Waals surface area contributed by atoms with E-state index in [1.165, 1.54) is 6.08 Å². The lowest BCUT2D eigenvalue weighted by molar-refractivity contribution is -0.119. The quantitative estimate of drug-likeness (QED) is 0.598. The normalized spacial score (nSPS) is 16.3. The first-order valence-electron chi connectivity index (χ1n) is 6.61. The summed E-state index contributed by atoms with van der Waals surface area (Å²) in [5.41, 5.74) is 3.48. The molecule has 0 heterocycles. The number of Topliss-reactive ketones (excluding diaryl/α,β-unsaturated/α-hetero) is 1. The van der Waals surface area contributed by atoms with E-state index in [1.54, 1.807) is 6.08 Å². The second-order valence-corrected chi connectivity index (χ2v) is 4.64. The molecule has 0 spiro atoms. The molecule has 2 heteroatoms. The number of carbonyl (C=O) groups excluding carboxylic acids is 1. The van der Waals surface area contributed by atoms with Crippen LogP contribution in [-0.2, 0) is 4.79 Å². The van der Waals surface area contributed by atoms with E-state index >= 15 is 0 Å². The van der Waals surface area contributed by atoms with Crippen LogP contribution in [0, 0.1) is 5.92 Å². The Hall–Kier alpha value is -1.40. The third kappa shape index (κ3) is 4.46. The molecule has 0 aromatic heterocycles. The summed E-state index contributed by atoms with van der Waals surface area (Å²) in [6, 6.07) is 0. The lowest BCUT2D eigenvalue weighted by Crippen LogP contribution is -2.17. The molecule has 0 aromatic carbocycles. The number of halogens is 1.